The second kappa shape index (κ2) is 9.09. The summed E-state index contributed by atoms with van der Waals surface area (Å²) < 4.78 is 61.4. The van der Waals surface area contributed by atoms with Gasteiger partial charge in [0.1, 0.15) is 29.1 Å². The maximum atomic E-state index is 14.0. The number of carbonyl (C=O) groups is 1. The third-order valence-corrected chi connectivity index (χ3v) is 6.87. The van der Waals surface area contributed by atoms with E-state index in [0.717, 1.165) is 22.5 Å². The van der Waals surface area contributed by atoms with Gasteiger partial charge in [0.05, 0.1) is 35.4 Å². The largest absolute Gasteiger partial charge is 0.484 e. The van der Waals surface area contributed by atoms with Crippen LogP contribution in [0.4, 0.5) is 20.2 Å². The normalized spacial score (nSPS) is 15.1. The highest BCUT2D eigenvalue weighted by Crippen LogP contribution is 2.39. The third-order valence-electron chi connectivity index (χ3n) is 5.09. The molecule has 0 spiro atoms. The lowest BCUT2D eigenvalue weighted by Gasteiger charge is -2.35. The SMILES string of the molecule is N#Cc1cccc(S(=O)(=O)N2CC(CO)Oc3ccc(NC(=O)c4c(F)cccc4F)cc32)c1. The number of hydrogen-bond donors (Lipinski definition) is 2. The lowest BCUT2D eigenvalue weighted by atomic mass is 10.1. The second-order valence-corrected chi connectivity index (χ2v) is 9.19. The van der Waals surface area contributed by atoms with E-state index in [4.69, 9.17) is 10.00 Å². The quantitative estimate of drug-likeness (QED) is 0.573. The predicted molar refractivity (Wildman–Crippen MR) is 118 cm³/mol. The van der Waals surface area contributed by atoms with Crippen LogP contribution in [0.25, 0.3) is 0 Å². The van der Waals surface area contributed by atoms with Crippen molar-refractivity contribution < 1.29 is 31.8 Å². The maximum absolute atomic E-state index is 14.0. The number of aliphatic hydroxyl groups excluding tert-OH is 1. The molecule has 1 aliphatic heterocycles. The molecule has 3 aromatic rings. The van der Waals surface area contributed by atoms with Crippen molar-refractivity contribution in [2.45, 2.75) is 11.0 Å². The summed E-state index contributed by atoms with van der Waals surface area (Å²) in [6.45, 7) is -0.712. The number of fused-ring (bicyclic) bond motifs is 1. The molecular formula is C23H17F2N3O5S. The number of hydrogen-bond acceptors (Lipinski definition) is 6. The van der Waals surface area contributed by atoms with E-state index in [1.54, 1.807) is 0 Å². The van der Waals surface area contributed by atoms with E-state index in [9.17, 15) is 27.1 Å². The number of halogens is 2. The summed E-state index contributed by atoms with van der Waals surface area (Å²) >= 11 is 0. The summed E-state index contributed by atoms with van der Waals surface area (Å²) in [6.07, 6.45) is -0.866. The van der Waals surface area contributed by atoms with E-state index < -0.39 is 45.8 Å². The minimum atomic E-state index is -4.20. The lowest BCUT2D eigenvalue weighted by molar-refractivity contribution is 0.101. The Morgan fingerprint density at radius 3 is 2.53 bits per heavy atom. The number of anilines is 2. The molecular weight excluding hydrogens is 468 g/mol. The Morgan fingerprint density at radius 2 is 1.85 bits per heavy atom. The summed E-state index contributed by atoms with van der Waals surface area (Å²) in [5, 5.41) is 21.1. The van der Waals surface area contributed by atoms with Crippen molar-refractivity contribution in [1.29, 1.82) is 5.26 Å². The van der Waals surface area contributed by atoms with E-state index in [1.165, 1.54) is 42.5 Å². The molecule has 2 N–H and O–H groups in total. The average molecular weight is 485 g/mol. The van der Waals surface area contributed by atoms with Gasteiger partial charge in [0.25, 0.3) is 15.9 Å². The fourth-order valence-electron chi connectivity index (χ4n) is 3.47. The van der Waals surface area contributed by atoms with Gasteiger partial charge >= 0.3 is 0 Å². The van der Waals surface area contributed by atoms with Crippen molar-refractivity contribution in [2.24, 2.45) is 0 Å². The Balaban J connectivity index is 1.74. The highest BCUT2D eigenvalue weighted by molar-refractivity contribution is 7.92. The Morgan fingerprint density at radius 1 is 1.15 bits per heavy atom. The molecule has 0 radical (unpaired) electrons. The summed E-state index contributed by atoms with van der Waals surface area (Å²) in [5.41, 5.74) is -0.543. The van der Waals surface area contributed by atoms with Gasteiger partial charge in [0.15, 0.2) is 0 Å². The number of nitrogens with one attached hydrogen (secondary N) is 1. The van der Waals surface area contributed by atoms with Gasteiger partial charge < -0.3 is 15.2 Å². The van der Waals surface area contributed by atoms with Crippen molar-refractivity contribution in [3.63, 3.8) is 0 Å². The topological polar surface area (TPSA) is 120 Å². The monoisotopic (exact) mass is 485 g/mol. The average Bonchev–Trinajstić information content (AvgIpc) is 2.83. The van der Waals surface area contributed by atoms with E-state index in [1.807, 2.05) is 6.07 Å². The second-order valence-electron chi connectivity index (χ2n) is 7.33. The van der Waals surface area contributed by atoms with Gasteiger partial charge in [0.2, 0.25) is 0 Å². The fourth-order valence-corrected chi connectivity index (χ4v) is 5.02. The van der Waals surface area contributed by atoms with E-state index in [0.29, 0.717) is 0 Å². The first-order valence-corrected chi connectivity index (χ1v) is 11.4. The molecule has 1 unspecified atom stereocenters. The number of rotatable bonds is 5. The first-order chi connectivity index (χ1) is 16.2. The van der Waals surface area contributed by atoms with Crippen molar-refractivity contribution in [1.82, 2.24) is 0 Å². The Hall–Kier alpha value is -4.01. The summed E-state index contributed by atoms with van der Waals surface area (Å²) in [7, 11) is -4.20. The third kappa shape index (κ3) is 4.28. The number of benzene rings is 3. The molecule has 11 heteroatoms. The van der Waals surface area contributed by atoms with E-state index in [2.05, 4.69) is 5.32 Å². The van der Waals surface area contributed by atoms with Gasteiger partial charge in [-0.15, -0.1) is 0 Å². The fraction of sp³-hybridized carbons (Fsp3) is 0.130. The first kappa shape index (κ1) is 23.2. The molecule has 1 heterocycles. The first-order valence-electron chi connectivity index (χ1n) is 9.94. The summed E-state index contributed by atoms with van der Waals surface area (Å²) in [5.74, 6) is -3.05. The van der Waals surface area contributed by atoms with Crippen LogP contribution in [0.1, 0.15) is 15.9 Å². The molecule has 0 aliphatic carbocycles. The number of ether oxygens (including phenoxy) is 1. The molecule has 174 valence electrons. The standard InChI is InChI=1S/C23H17F2N3O5S/c24-18-5-2-6-19(25)22(18)23(30)27-15-7-8-21-20(10-15)28(12-16(13-29)33-21)34(31,32)17-4-1-3-14(9-17)11-26/h1-10,16,29H,12-13H2,(H,27,30). The van der Waals surface area contributed by atoms with Gasteiger partial charge in [-0.05, 0) is 48.5 Å². The number of sulfonamides is 1. The zero-order valence-electron chi connectivity index (χ0n) is 17.4. The van der Waals surface area contributed by atoms with Crippen LogP contribution >= 0.6 is 0 Å². The number of aliphatic hydroxyl groups is 1. The molecule has 1 atom stereocenters. The Kier molecular flexibility index (Phi) is 6.19. The van der Waals surface area contributed by atoms with Crippen molar-refractivity contribution in [3.05, 3.63) is 83.4 Å². The van der Waals surface area contributed by atoms with Crippen molar-refractivity contribution >= 4 is 27.3 Å². The molecule has 34 heavy (non-hydrogen) atoms. The van der Waals surface area contributed by atoms with Gasteiger partial charge in [-0.3, -0.25) is 9.10 Å². The van der Waals surface area contributed by atoms with E-state index >= 15 is 0 Å². The lowest BCUT2D eigenvalue weighted by Crippen LogP contribution is -2.45. The Labute approximate surface area is 193 Å². The van der Waals surface area contributed by atoms with Crippen LogP contribution < -0.4 is 14.4 Å². The van der Waals surface area contributed by atoms with Crippen molar-refractivity contribution in [2.75, 3.05) is 22.8 Å². The number of carbonyl (C=O) groups excluding carboxylic acids is 1. The van der Waals surface area contributed by atoms with Crippen LogP contribution in [0, 0.1) is 23.0 Å². The van der Waals surface area contributed by atoms with Gasteiger partial charge in [-0.25, -0.2) is 17.2 Å². The van der Waals surface area contributed by atoms with E-state index in [-0.39, 0.29) is 34.1 Å². The van der Waals surface area contributed by atoms with Crippen LogP contribution in [0.5, 0.6) is 5.75 Å². The molecule has 1 amide bonds. The molecule has 8 nitrogen and oxygen atoms in total. The maximum Gasteiger partial charge on any atom is 0.264 e. The zero-order chi connectivity index (χ0) is 24.5. The van der Waals surface area contributed by atoms with Crippen molar-refractivity contribution in [3.8, 4) is 11.8 Å². The molecule has 0 saturated carbocycles. The Bertz CT molecular complexity index is 1400. The highest BCUT2D eigenvalue weighted by atomic mass is 32.2. The van der Waals surface area contributed by atoms with Gasteiger partial charge in [-0.2, -0.15) is 5.26 Å². The summed E-state index contributed by atoms with van der Waals surface area (Å²) in [4.78, 5) is 12.3. The highest BCUT2D eigenvalue weighted by Gasteiger charge is 2.35. The van der Waals surface area contributed by atoms with Crippen LogP contribution in [0.3, 0.4) is 0 Å². The molecule has 0 bridgehead atoms. The number of amides is 1. The minimum Gasteiger partial charge on any atom is -0.484 e. The van der Waals surface area contributed by atoms with Crippen LogP contribution in [0.2, 0.25) is 0 Å². The molecule has 0 aromatic heterocycles. The molecule has 0 saturated heterocycles. The summed E-state index contributed by atoms with van der Waals surface area (Å²) in [6, 6.07) is 14.3. The van der Waals surface area contributed by atoms with Crippen LogP contribution in [-0.4, -0.2) is 38.7 Å². The zero-order valence-corrected chi connectivity index (χ0v) is 18.2. The molecule has 3 aromatic carbocycles. The predicted octanol–water partition coefficient (Wildman–Crippen LogP) is 3.04. The van der Waals surface area contributed by atoms with Crippen LogP contribution in [-0.2, 0) is 10.0 Å². The van der Waals surface area contributed by atoms with Crippen LogP contribution in [0.15, 0.2) is 65.6 Å². The molecule has 1 aliphatic rings. The van der Waals surface area contributed by atoms with Gasteiger partial charge in [-0.1, -0.05) is 12.1 Å². The molecule has 4 rings (SSSR count). The van der Waals surface area contributed by atoms with Gasteiger partial charge in [0, 0.05) is 5.69 Å². The number of nitriles is 1. The minimum absolute atomic E-state index is 0.0406. The molecule has 0 fully saturated rings. The number of nitrogens with zero attached hydrogens (tertiary/aromatic N) is 2. The smallest absolute Gasteiger partial charge is 0.264 e.